The van der Waals surface area contributed by atoms with Crippen molar-refractivity contribution in [2.45, 2.75) is 13.0 Å². The van der Waals surface area contributed by atoms with Gasteiger partial charge in [-0.3, -0.25) is 9.48 Å². The summed E-state index contributed by atoms with van der Waals surface area (Å²) >= 11 is 0. The first kappa shape index (κ1) is 16.4. The second kappa shape index (κ2) is 6.45. The fourth-order valence-electron chi connectivity index (χ4n) is 3.49. The molecule has 7 nitrogen and oxygen atoms in total. The van der Waals surface area contributed by atoms with Gasteiger partial charge in [0, 0.05) is 43.0 Å². The molecule has 5 rings (SSSR count). The maximum atomic E-state index is 13.2. The monoisotopic (exact) mass is 370 g/mol. The number of aryl methyl sites for hydroxylation is 3. The van der Waals surface area contributed by atoms with E-state index in [1.54, 1.807) is 10.9 Å². The standard InChI is InChI=1S/C21H18N6O/c1-25-11-9-18(24-25)17-6-4-5-15-13-22-27(21(28)20(15)17)12-8-16-14-26-10-3-2-7-19(26)23-16/h2-7,9-11,13-14H,8,12H2,1H3. The molecule has 0 aliphatic rings. The average Bonchev–Trinajstić information content (AvgIpc) is 3.33. The normalized spacial score (nSPS) is 11.5. The van der Waals surface area contributed by atoms with E-state index in [2.05, 4.69) is 15.2 Å². The largest absolute Gasteiger partial charge is 0.307 e. The fourth-order valence-corrected chi connectivity index (χ4v) is 3.49. The van der Waals surface area contributed by atoms with Crippen molar-refractivity contribution in [3.05, 3.63) is 83.3 Å². The highest BCUT2D eigenvalue weighted by molar-refractivity contribution is 5.94. The van der Waals surface area contributed by atoms with Gasteiger partial charge in [0.15, 0.2) is 0 Å². The number of nitrogens with zero attached hydrogens (tertiary/aromatic N) is 6. The molecule has 138 valence electrons. The van der Waals surface area contributed by atoms with Crippen LogP contribution in [0.4, 0.5) is 0 Å². The summed E-state index contributed by atoms with van der Waals surface area (Å²) in [7, 11) is 1.86. The molecule has 0 fully saturated rings. The molecule has 0 amide bonds. The molecule has 0 unspecified atom stereocenters. The van der Waals surface area contributed by atoms with Gasteiger partial charge in [-0.15, -0.1) is 0 Å². The van der Waals surface area contributed by atoms with Crippen molar-refractivity contribution < 1.29 is 0 Å². The lowest BCUT2D eigenvalue weighted by Crippen LogP contribution is -2.24. The first-order valence-corrected chi connectivity index (χ1v) is 9.10. The Morgan fingerprint density at radius 2 is 1.96 bits per heavy atom. The summed E-state index contributed by atoms with van der Waals surface area (Å²) in [5.74, 6) is 0. The van der Waals surface area contributed by atoms with Gasteiger partial charge in [-0.25, -0.2) is 9.67 Å². The molecule has 0 aliphatic carbocycles. The van der Waals surface area contributed by atoms with Crippen LogP contribution in [0.2, 0.25) is 0 Å². The molecule has 0 radical (unpaired) electrons. The average molecular weight is 370 g/mol. The SMILES string of the molecule is Cn1ccc(-c2cccc3cnn(CCc4cn5ccccc5n4)c(=O)c23)n1. The Morgan fingerprint density at radius 1 is 1.04 bits per heavy atom. The summed E-state index contributed by atoms with van der Waals surface area (Å²) in [5.41, 5.74) is 3.32. The Morgan fingerprint density at radius 3 is 2.79 bits per heavy atom. The van der Waals surface area contributed by atoms with E-state index in [4.69, 9.17) is 0 Å². The minimum atomic E-state index is -0.109. The van der Waals surface area contributed by atoms with Gasteiger partial charge >= 0.3 is 0 Å². The molecule has 28 heavy (non-hydrogen) atoms. The van der Waals surface area contributed by atoms with Gasteiger partial charge in [0.25, 0.3) is 5.56 Å². The number of rotatable bonds is 4. The second-order valence-electron chi connectivity index (χ2n) is 6.77. The third-order valence-electron chi connectivity index (χ3n) is 4.86. The molecule has 7 heteroatoms. The van der Waals surface area contributed by atoms with Gasteiger partial charge < -0.3 is 4.40 Å². The Bertz CT molecular complexity index is 1330. The molecule has 0 saturated carbocycles. The molecule has 4 aromatic heterocycles. The summed E-state index contributed by atoms with van der Waals surface area (Å²) in [5, 5.41) is 10.3. The maximum absolute atomic E-state index is 13.2. The van der Waals surface area contributed by atoms with Crippen molar-refractivity contribution in [2.75, 3.05) is 0 Å². The third kappa shape index (κ3) is 2.77. The number of imidazole rings is 1. The van der Waals surface area contributed by atoms with Crippen molar-refractivity contribution in [2.24, 2.45) is 7.05 Å². The van der Waals surface area contributed by atoms with Crippen LogP contribution in [-0.4, -0.2) is 28.9 Å². The first-order valence-electron chi connectivity index (χ1n) is 9.10. The van der Waals surface area contributed by atoms with Crippen molar-refractivity contribution >= 4 is 16.4 Å². The van der Waals surface area contributed by atoms with Crippen LogP contribution < -0.4 is 5.56 Å². The number of pyridine rings is 1. The fraction of sp³-hybridized carbons (Fsp3) is 0.143. The zero-order valence-corrected chi connectivity index (χ0v) is 15.4. The van der Waals surface area contributed by atoms with Gasteiger partial charge in [0.1, 0.15) is 5.65 Å². The van der Waals surface area contributed by atoms with Gasteiger partial charge in [-0.2, -0.15) is 10.2 Å². The molecule has 0 atom stereocenters. The van der Waals surface area contributed by atoms with E-state index in [-0.39, 0.29) is 5.56 Å². The van der Waals surface area contributed by atoms with E-state index >= 15 is 0 Å². The van der Waals surface area contributed by atoms with E-state index in [0.29, 0.717) is 18.4 Å². The number of fused-ring (bicyclic) bond motifs is 2. The van der Waals surface area contributed by atoms with E-state index in [1.807, 2.05) is 72.5 Å². The maximum Gasteiger partial charge on any atom is 0.275 e. The zero-order valence-electron chi connectivity index (χ0n) is 15.4. The Balaban J connectivity index is 1.53. The molecule has 0 bridgehead atoms. The highest BCUT2D eigenvalue weighted by Crippen LogP contribution is 2.24. The lowest BCUT2D eigenvalue weighted by atomic mass is 10.1. The number of hydrogen-bond acceptors (Lipinski definition) is 4. The van der Waals surface area contributed by atoms with Crippen molar-refractivity contribution in [1.82, 2.24) is 28.9 Å². The van der Waals surface area contributed by atoms with Gasteiger partial charge in [-0.1, -0.05) is 24.3 Å². The second-order valence-corrected chi connectivity index (χ2v) is 6.77. The molecule has 0 N–H and O–H groups in total. The molecule has 0 spiro atoms. The Labute approximate surface area is 160 Å². The quantitative estimate of drug-likeness (QED) is 0.488. The molecule has 0 saturated heterocycles. The van der Waals surface area contributed by atoms with E-state index < -0.39 is 0 Å². The lowest BCUT2D eigenvalue weighted by Gasteiger charge is -2.08. The lowest BCUT2D eigenvalue weighted by molar-refractivity contribution is 0.580. The summed E-state index contributed by atoms with van der Waals surface area (Å²) in [6.45, 7) is 0.467. The molecule has 0 aliphatic heterocycles. The number of aromatic nitrogens is 6. The predicted octanol–water partition coefficient (Wildman–Crippen LogP) is 2.69. The third-order valence-corrected chi connectivity index (χ3v) is 4.86. The van der Waals surface area contributed by atoms with Crippen LogP contribution in [-0.2, 0) is 20.0 Å². The van der Waals surface area contributed by atoms with Gasteiger partial charge in [-0.05, 0) is 18.2 Å². The number of benzene rings is 1. The molecular weight excluding hydrogens is 352 g/mol. The van der Waals surface area contributed by atoms with E-state index in [0.717, 1.165) is 28.0 Å². The smallest absolute Gasteiger partial charge is 0.275 e. The predicted molar refractivity (Wildman–Crippen MR) is 107 cm³/mol. The van der Waals surface area contributed by atoms with E-state index in [1.165, 1.54) is 4.68 Å². The highest BCUT2D eigenvalue weighted by atomic mass is 16.1. The van der Waals surface area contributed by atoms with Crippen LogP contribution in [0.15, 0.2) is 72.0 Å². The van der Waals surface area contributed by atoms with Crippen LogP contribution in [0, 0.1) is 0 Å². The summed E-state index contributed by atoms with van der Waals surface area (Å²) in [6, 6.07) is 13.6. The van der Waals surface area contributed by atoms with E-state index in [9.17, 15) is 4.79 Å². The topological polar surface area (TPSA) is 70.0 Å². The molecule has 1 aromatic carbocycles. The van der Waals surface area contributed by atoms with Crippen LogP contribution in [0.3, 0.4) is 0 Å². The molecule has 4 heterocycles. The van der Waals surface area contributed by atoms with Crippen LogP contribution in [0.1, 0.15) is 5.69 Å². The first-order chi connectivity index (χ1) is 13.7. The van der Waals surface area contributed by atoms with Crippen molar-refractivity contribution in [1.29, 1.82) is 0 Å². The summed E-state index contributed by atoms with van der Waals surface area (Å²) < 4.78 is 5.22. The van der Waals surface area contributed by atoms with Crippen molar-refractivity contribution in [3.8, 4) is 11.3 Å². The van der Waals surface area contributed by atoms with Gasteiger partial charge in [0.2, 0.25) is 0 Å². The van der Waals surface area contributed by atoms with Crippen molar-refractivity contribution in [3.63, 3.8) is 0 Å². The minimum absolute atomic E-state index is 0.109. The Hall–Kier alpha value is -3.74. The van der Waals surface area contributed by atoms with Crippen LogP contribution in [0.5, 0.6) is 0 Å². The van der Waals surface area contributed by atoms with Crippen LogP contribution in [0.25, 0.3) is 27.7 Å². The zero-order chi connectivity index (χ0) is 19.1. The number of hydrogen-bond donors (Lipinski definition) is 0. The summed E-state index contributed by atoms with van der Waals surface area (Å²) in [4.78, 5) is 17.8. The molecular formula is C21H18N6O. The Kier molecular flexibility index (Phi) is 3.79. The summed E-state index contributed by atoms with van der Waals surface area (Å²) in [6.07, 6.45) is 8.20. The highest BCUT2D eigenvalue weighted by Gasteiger charge is 2.12. The van der Waals surface area contributed by atoms with Crippen LogP contribution >= 0.6 is 0 Å². The molecule has 5 aromatic rings. The van der Waals surface area contributed by atoms with Gasteiger partial charge in [0.05, 0.1) is 29.5 Å². The minimum Gasteiger partial charge on any atom is -0.307 e.